The molecule has 0 saturated carbocycles. The Bertz CT molecular complexity index is 681. The normalized spacial score (nSPS) is 30.2. The van der Waals surface area contributed by atoms with E-state index in [9.17, 15) is 8.42 Å². The van der Waals surface area contributed by atoms with Crippen molar-refractivity contribution in [3.8, 4) is 5.75 Å². The van der Waals surface area contributed by atoms with Crippen LogP contribution in [-0.4, -0.2) is 44.0 Å². The first-order chi connectivity index (χ1) is 10.6. The van der Waals surface area contributed by atoms with Gasteiger partial charge in [0.2, 0.25) is 10.0 Å². The van der Waals surface area contributed by atoms with Crippen LogP contribution >= 0.6 is 12.4 Å². The monoisotopic (exact) mass is 358 g/mol. The molecule has 1 aromatic carbocycles. The van der Waals surface area contributed by atoms with E-state index >= 15 is 0 Å². The molecule has 3 aliphatic rings. The molecule has 3 heterocycles. The second-order valence-electron chi connectivity index (χ2n) is 6.61. The molecule has 3 unspecified atom stereocenters. The van der Waals surface area contributed by atoms with Gasteiger partial charge in [-0.3, -0.25) is 0 Å². The lowest BCUT2D eigenvalue weighted by molar-refractivity contribution is 0.254. The summed E-state index contributed by atoms with van der Waals surface area (Å²) in [4.78, 5) is 0.419. The number of rotatable bonds is 2. The van der Waals surface area contributed by atoms with Gasteiger partial charge in [-0.1, -0.05) is 0 Å². The van der Waals surface area contributed by atoms with Crippen LogP contribution in [-0.2, 0) is 16.4 Å². The molecule has 0 amide bonds. The van der Waals surface area contributed by atoms with Gasteiger partial charge in [-0.15, -0.1) is 12.4 Å². The average molecular weight is 359 g/mol. The van der Waals surface area contributed by atoms with E-state index in [0.29, 0.717) is 4.90 Å². The Morgan fingerprint density at radius 3 is 2.83 bits per heavy atom. The van der Waals surface area contributed by atoms with Crippen molar-refractivity contribution in [1.29, 1.82) is 0 Å². The van der Waals surface area contributed by atoms with Crippen LogP contribution < -0.4 is 10.1 Å². The molecule has 1 aromatic rings. The van der Waals surface area contributed by atoms with Crippen LogP contribution in [0.1, 0.15) is 31.7 Å². The number of sulfonamides is 1. The summed E-state index contributed by atoms with van der Waals surface area (Å²) in [6.45, 7) is 3.68. The molecule has 2 bridgehead atoms. The number of fused-ring (bicyclic) bond motifs is 3. The summed E-state index contributed by atoms with van der Waals surface area (Å²) in [7, 11) is -3.42. The molecule has 0 aromatic heterocycles. The van der Waals surface area contributed by atoms with Gasteiger partial charge in [0.25, 0.3) is 0 Å². The summed E-state index contributed by atoms with van der Waals surface area (Å²) in [6.07, 6.45) is 3.76. The molecule has 0 aliphatic carbocycles. The average Bonchev–Trinajstić information content (AvgIpc) is 2.95. The standard InChI is InChI=1S/C16H22N2O3S.ClH/c1-11-8-12-9-15(4-5-16(12)21-11)22(19,20)18-13-2-3-14(18)10-17-7-6-13;/h4-5,9,11,13-14,17H,2-3,6-8,10H2,1H3;1H. The van der Waals surface area contributed by atoms with Crippen molar-refractivity contribution in [2.75, 3.05) is 13.1 Å². The van der Waals surface area contributed by atoms with E-state index in [1.165, 1.54) is 0 Å². The Morgan fingerprint density at radius 1 is 1.22 bits per heavy atom. The SMILES string of the molecule is CC1Cc2cc(S(=O)(=O)N3C4CCNCC3CC4)ccc2O1.Cl. The predicted molar refractivity (Wildman–Crippen MR) is 90.8 cm³/mol. The predicted octanol–water partition coefficient (Wildman–Crippen LogP) is 1.95. The van der Waals surface area contributed by atoms with E-state index < -0.39 is 10.0 Å². The molecule has 1 N–H and O–H groups in total. The topological polar surface area (TPSA) is 58.6 Å². The summed E-state index contributed by atoms with van der Waals surface area (Å²) in [6, 6.07) is 5.56. The quantitative estimate of drug-likeness (QED) is 0.877. The Kier molecular flexibility index (Phi) is 4.62. The highest BCUT2D eigenvalue weighted by Gasteiger charge is 2.43. The zero-order valence-corrected chi connectivity index (χ0v) is 14.8. The fourth-order valence-corrected chi connectivity index (χ4v) is 5.96. The summed E-state index contributed by atoms with van der Waals surface area (Å²) < 4.78 is 33.7. The minimum atomic E-state index is -3.42. The number of hydrogen-bond donors (Lipinski definition) is 1. The lowest BCUT2D eigenvalue weighted by Crippen LogP contribution is -2.42. The van der Waals surface area contributed by atoms with Crippen LogP contribution in [0.3, 0.4) is 0 Å². The maximum absolute atomic E-state index is 13.1. The molecule has 2 saturated heterocycles. The summed E-state index contributed by atoms with van der Waals surface area (Å²) in [5, 5.41) is 3.35. The Hall–Kier alpha value is -0.820. The van der Waals surface area contributed by atoms with Crippen molar-refractivity contribution in [2.45, 2.75) is 55.7 Å². The highest BCUT2D eigenvalue weighted by atomic mass is 35.5. The third-order valence-corrected chi connectivity index (χ3v) is 7.03. The van der Waals surface area contributed by atoms with Gasteiger partial charge in [0.05, 0.1) is 4.90 Å². The fraction of sp³-hybridized carbons (Fsp3) is 0.625. The first kappa shape index (κ1) is 17.0. The third kappa shape index (κ3) is 2.86. The molecule has 0 spiro atoms. The van der Waals surface area contributed by atoms with Gasteiger partial charge in [-0.05, 0) is 56.5 Å². The van der Waals surface area contributed by atoms with Gasteiger partial charge in [-0.25, -0.2) is 8.42 Å². The van der Waals surface area contributed by atoms with E-state index in [2.05, 4.69) is 5.32 Å². The number of halogens is 1. The van der Waals surface area contributed by atoms with E-state index in [1.54, 1.807) is 10.4 Å². The van der Waals surface area contributed by atoms with E-state index in [0.717, 1.165) is 50.1 Å². The zero-order chi connectivity index (χ0) is 15.3. The Morgan fingerprint density at radius 2 is 2.00 bits per heavy atom. The second-order valence-corrected chi connectivity index (χ2v) is 8.46. The summed E-state index contributed by atoms with van der Waals surface area (Å²) in [5.74, 6) is 0.826. The number of benzene rings is 1. The largest absolute Gasteiger partial charge is 0.490 e. The highest BCUT2D eigenvalue weighted by Crippen LogP contribution is 2.36. The number of nitrogens with zero attached hydrogens (tertiary/aromatic N) is 1. The van der Waals surface area contributed by atoms with E-state index in [4.69, 9.17) is 4.74 Å². The van der Waals surface area contributed by atoms with Crippen molar-refractivity contribution in [3.05, 3.63) is 23.8 Å². The molecule has 0 radical (unpaired) electrons. The molecular weight excluding hydrogens is 336 g/mol. The highest BCUT2D eigenvalue weighted by molar-refractivity contribution is 7.89. The molecule has 4 rings (SSSR count). The molecule has 3 aliphatic heterocycles. The lowest BCUT2D eigenvalue weighted by atomic mass is 10.1. The number of nitrogens with one attached hydrogen (secondary N) is 1. The van der Waals surface area contributed by atoms with Crippen molar-refractivity contribution in [1.82, 2.24) is 9.62 Å². The first-order valence-electron chi connectivity index (χ1n) is 8.09. The van der Waals surface area contributed by atoms with Gasteiger partial charge in [0, 0.05) is 25.0 Å². The first-order valence-corrected chi connectivity index (χ1v) is 9.53. The van der Waals surface area contributed by atoms with Crippen molar-refractivity contribution >= 4 is 22.4 Å². The summed E-state index contributed by atoms with van der Waals surface area (Å²) >= 11 is 0. The lowest BCUT2D eigenvalue weighted by Gasteiger charge is -2.27. The van der Waals surface area contributed by atoms with Gasteiger partial charge >= 0.3 is 0 Å². The van der Waals surface area contributed by atoms with Gasteiger partial charge in [0.15, 0.2) is 0 Å². The van der Waals surface area contributed by atoms with Crippen molar-refractivity contribution in [2.24, 2.45) is 0 Å². The minimum absolute atomic E-state index is 0. The molecule has 5 nitrogen and oxygen atoms in total. The van der Waals surface area contributed by atoms with E-state index in [1.807, 2.05) is 19.1 Å². The smallest absolute Gasteiger partial charge is 0.243 e. The molecule has 128 valence electrons. The molecular formula is C16H23ClN2O3S. The fourth-order valence-electron chi connectivity index (χ4n) is 4.01. The molecule has 7 heteroatoms. The Balaban J connectivity index is 0.00000156. The van der Waals surface area contributed by atoms with Crippen molar-refractivity contribution < 1.29 is 13.2 Å². The third-order valence-electron chi connectivity index (χ3n) is 5.03. The molecule has 3 atom stereocenters. The number of ether oxygens (including phenoxy) is 1. The maximum Gasteiger partial charge on any atom is 0.243 e. The molecule has 2 fully saturated rings. The zero-order valence-electron chi connectivity index (χ0n) is 13.2. The van der Waals surface area contributed by atoms with Gasteiger partial charge in [-0.2, -0.15) is 4.31 Å². The van der Waals surface area contributed by atoms with Crippen LogP contribution in [0.5, 0.6) is 5.75 Å². The minimum Gasteiger partial charge on any atom is -0.490 e. The van der Waals surface area contributed by atoms with Crippen LogP contribution in [0.15, 0.2) is 23.1 Å². The van der Waals surface area contributed by atoms with Crippen LogP contribution in [0.4, 0.5) is 0 Å². The van der Waals surface area contributed by atoms with Crippen LogP contribution in [0.25, 0.3) is 0 Å². The summed E-state index contributed by atoms with van der Waals surface area (Å²) in [5.41, 5.74) is 1.01. The van der Waals surface area contributed by atoms with Crippen molar-refractivity contribution in [3.63, 3.8) is 0 Å². The van der Waals surface area contributed by atoms with E-state index in [-0.39, 0.29) is 30.6 Å². The van der Waals surface area contributed by atoms with Gasteiger partial charge < -0.3 is 10.1 Å². The second kappa shape index (κ2) is 6.24. The Labute approximate surface area is 143 Å². The van der Waals surface area contributed by atoms with Crippen LogP contribution in [0.2, 0.25) is 0 Å². The molecule has 23 heavy (non-hydrogen) atoms. The maximum atomic E-state index is 13.1. The van der Waals surface area contributed by atoms with Gasteiger partial charge in [0.1, 0.15) is 11.9 Å². The van der Waals surface area contributed by atoms with Crippen LogP contribution in [0, 0.1) is 0 Å². The number of hydrogen-bond acceptors (Lipinski definition) is 4.